The van der Waals surface area contributed by atoms with Crippen LogP contribution in [0.4, 0.5) is 11.4 Å². The van der Waals surface area contributed by atoms with Crippen molar-refractivity contribution < 1.29 is 8.42 Å². The molecule has 6 heteroatoms. The fourth-order valence-corrected chi connectivity index (χ4v) is 2.90. The smallest absolute Gasteiger partial charge is 0.238 e. The van der Waals surface area contributed by atoms with Gasteiger partial charge in [0.15, 0.2) is 0 Å². The van der Waals surface area contributed by atoms with Gasteiger partial charge >= 0.3 is 0 Å². The maximum Gasteiger partial charge on any atom is 0.238 e. The summed E-state index contributed by atoms with van der Waals surface area (Å²) in [6.07, 6.45) is 5.10. The summed E-state index contributed by atoms with van der Waals surface area (Å²) in [4.78, 5) is 0.0476. The summed E-state index contributed by atoms with van der Waals surface area (Å²) in [7, 11) is -3.68. The molecule has 0 aromatic heterocycles. The van der Waals surface area contributed by atoms with Crippen molar-refractivity contribution in [3.63, 3.8) is 0 Å². The molecule has 0 bridgehead atoms. The Hall–Kier alpha value is -1.27. The van der Waals surface area contributed by atoms with Crippen molar-refractivity contribution >= 4 is 21.4 Å². The largest absolute Gasteiger partial charge is 0.397 e. The Kier molecular flexibility index (Phi) is 3.77. The number of nitrogens with two attached hydrogens (primary N) is 2. The zero-order chi connectivity index (χ0) is 13.2. The van der Waals surface area contributed by atoms with E-state index in [0.29, 0.717) is 11.6 Å². The Morgan fingerprint density at radius 1 is 1.28 bits per heavy atom. The molecule has 0 amide bonds. The predicted molar refractivity (Wildman–Crippen MR) is 72.7 cm³/mol. The van der Waals surface area contributed by atoms with Gasteiger partial charge in [-0.3, -0.25) is 0 Å². The Bertz CT molecular complexity index is 522. The van der Waals surface area contributed by atoms with Crippen LogP contribution in [0, 0.1) is 5.92 Å². The molecule has 0 unspecified atom stereocenters. The molecule has 18 heavy (non-hydrogen) atoms. The van der Waals surface area contributed by atoms with E-state index in [1.165, 1.54) is 37.8 Å². The Labute approximate surface area is 108 Å². The van der Waals surface area contributed by atoms with Gasteiger partial charge in [-0.25, -0.2) is 13.6 Å². The quantitative estimate of drug-likeness (QED) is 0.722. The second-order valence-corrected chi connectivity index (χ2v) is 6.39. The average molecular weight is 269 g/mol. The lowest BCUT2D eigenvalue weighted by atomic mass is 10.1. The van der Waals surface area contributed by atoms with Crippen LogP contribution in [-0.4, -0.2) is 15.0 Å². The van der Waals surface area contributed by atoms with Gasteiger partial charge in [0.1, 0.15) is 0 Å². The van der Waals surface area contributed by atoms with Crippen LogP contribution in [0.3, 0.4) is 0 Å². The second-order valence-electron chi connectivity index (χ2n) is 4.83. The van der Waals surface area contributed by atoms with Gasteiger partial charge < -0.3 is 11.1 Å². The van der Waals surface area contributed by atoms with Crippen LogP contribution in [0.5, 0.6) is 0 Å². The third kappa shape index (κ3) is 3.14. The molecular formula is C12H19N3O2S. The van der Waals surface area contributed by atoms with Crippen molar-refractivity contribution in [2.75, 3.05) is 17.6 Å². The monoisotopic (exact) mass is 269 g/mol. The van der Waals surface area contributed by atoms with Gasteiger partial charge in [0.2, 0.25) is 10.0 Å². The third-order valence-electron chi connectivity index (χ3n) is 3.41. The highest BCUT2D eigenvalue weighted by molar-refractivity contribution is 7.89. The fourth-order valence-electron chi connectivity index (χ4n) is 2.35. The summed E-state index contributed by atoms with van der Waals surface area (Å²) in [5, 5.41) is 8.32. The number of benzene rings is 1. The van der Waals surface area contributed by atoms with E-state index in [0.717, 1.165) is 12.2 Å². The zero-order valence-corrected chi connectivity index (χ0v) is 11.0. The maximum atomic E-state index is 11.2. The number of primary sulfonamides is 1. The van der Waals surface area contributed by atoms with Crippen LogP contribution in [-0.2, 0) is 10.0 Å². The third-order valence-corrected chi connectivity index (χ3v) is 4.32. The first kappa shape index (κ1) is 13.2. The molecule has 0 radical (unpaired) electrons. The van der Waals surface area contributed by atoms with Gasteiger partial charge in [-0.1, -0.05) is 12.8 Å². The highest BCUT2D eigenvalue weighted by Crippen LogP contribution is 2.27. The first-order valence-electron chi connectivity index (χ1n) is 6.13. The Balaban J connectivity index is 2.05. The molecular weight excluding hydrogens is 250 g/mol. The Morgan fingerprint density at radius 3 is 2.50 bits per heavy atom. The summed E-state index contributed by atoms with van der Waals surface area (Å²) in [5.41, 5.74) is 7.01. The van der Waals surface area contributed by atoms with Gasteiger partial charge in [-0.15, -0.1) is 0 Å². The van der Waals surface area contributed by atoms with Crippen LogP contribution in [0.2, 0.25) is 0 Å². The lowest BCUT2D eigenvalue weighted by Gasteiger charge is -2.14. The van der Waals surface area contributed by atoms with Crippen LogP contribution >= 0.6 is 0 Å². The minimum Gasteiger partial charge on any atom is -0.397 e. The molecule has 0 atom stereocenters. The molecule has 1 saturated carbocycles. The number of nitrogen functional groups attached to an aromatic ring is 1. The first-order valence-corrected chi connectivity index (χ1v) is 7.67. The molecule has 0 heterocycles. The van der Waals surface area contributed by atoms with E-state index in [-0.39, 0.29) is 4.90 Å². The molecule has 100 valence electrons. The van der Waals surface area contributed by atoms with Crippen molar-refractivity contribution in [3.8, 4) is 0 Å². The molecule has 5 nitrogen and oxygen atoms in total. The lowest BCUT2D eigenvalue weighted by Crippen LogP contribution is -2.14. The number of hydrogen-bond donors (Lipinski definition) is 3. The number of nitrogens with one attached hydrogen (secondary N) is 1. The molecule has 5 N–H and O–H groups in total. The van der Waals surface area contributed by atoms with Crippen molar-refractivity contribution in [1.29, 1.82) is 0 Å². The number of hydrogen-bond acceptors (Lipinski definition) is 4. The topological polar surface area (TPSA) is 98.2 Å². The number of rotatable bonds is 4. The predicted octanol–water partition coefficient (Wildman–Crippen LogP) is 1.52. The molecule has 1 aromatic rings. The highest BCUT2D eigenvalue weighted by Gasteiger charge is 2.15. The van der Waals surface area contributed by atoms with Crippen molar-refractivity contribution in [3.05, 3.63) is 18.2 Å². The lowest BCUT2D eigenvalue weighted by molar-refractivity contribution is 0.580. The van der Waals surface area contributed by atoms with Gasteiger partial charge in [-0.2, -0.15) is 0 Å². The van der Waals surface area contributed by atoms with Crippen LogP contribution in [0.25, 0.3) is 0 Å². The summed E-state index contributed by atoms with van der Waals surface area (Å²) >= 11 is 0. The number of sulfonamides is 1. The standard InChI is InChI=1S/C12H19N3O2S/c13-11-7-10(18(14,16)17)5-6-12(11)15-8-9-3-1-2-4-9/h5-7,9,15H,1-4,8,13H2,(H2,14,16,17). The molecule has 1 aliphatic rings. The van der Waals surface area contributed by atoms with Crippen LogP contribution in [0.1, 0.15) is 25.7 Å². The summed E-state index contributed by atoms with van der Waals surface area (Å²) in [6.45, 7) is 0.888. The zero-order valence-electron chi connectivity index (χ0n) is 10.2. The molecule has 1 fully saturated rings. The highest BCUT2D eigenvalue weighted by atomic mass is 32.2. The van der Waals surface area contributed by atoms with E-state index in [1.807, 2.05) is 0 Å². The minimum absolute atomic E-state index is 0.0476. The fraction of sp³-hybridized carbons (Fsp3) is 0.500. The molecule has 0 spiro atoms. The van der Waals surface area contributed by atoms with Crippen LogP contribution in [0.15, 0.2) is 23.1 Å². The van der Waals surface area contributed by atoms with E-state index in [4.69, 9.17) is 10.9 Å². The van der Waals surface area contributed by atoms with Crippen LogP contribution < -0.4 is 16.2 Å². The molecule has 0 aliphatic heterocycles. The SMILES string of the molecule is Nc1cc(S(N)(=O)=O)ccc1NCC1CCCC1. The van der Waals surface area contributed by atoms with Gasteiger partial charge in [0.25, 0.3) is 0 Å². The molecule has 1 aromatic carbocycles. The maximum absolute atomic E-state index is 11.2. The van der Waals surface area contributed by atoms with Gasteiger partial charge in [0.05, 0.1) is 16.3 Å². The van der Waals surface area contributed by atoms with E-state index in [1.54, 1.807) is 6.07 Å². The summed E-state index contributed by atoms with van der Waals surface area (Å²) in [6, 6.07) is 4.54. The Morgan fingerprint density at radius 2 is 1.94 bits per heavy atom. The van der Waals surface area contributed by atoms with E-state index < -0.39 is 10.0 Å². The van der Waals surface area contributed by atoms with E-state index in [9.17, 15) is 8.42 Å². The number of anilines is 2. The molecule has 0 saturated heterocycles. The summed E-state index contributed by atoms with van der Waals surface area (Å²) in [5.74, 6) is 0.697. The molecule has 1 aliphatic carbocycles. The van der Waals surface area contributed by atoms with Crippen molar-refractivity contribution in [1.82, 2.24) is 0 Å². The second kappa shape index (κ2) is 5.16. The average Bonchev–Trinajstić information content (AvgIpc) is 2.79. The van der Waals surface area contributed by atoms with Gasteiger partial charge in [0, 0.05) is 6.54 Å². The van der Waals surface area contributed by atoms with E-state index >= 15 is 0 Å². The first-order chi connectivity index (χ1) is 8.47. The van der Waals surface area contributed by atoms with Crippen molar-refractivity contribution in [2.24, 2.45) is 11.1 Å². The summed E-state index contributed by atoms with van der Waals surface area (Å²) < 4.78 is 22.3. The normalized spacial score (nSPS) is 16.9. The van der Waals surface area contributed by atoms with E-state index in [2.05, 4.69) is 5.32 Å². The molecule has 2 rings (SSSR count). The van der Waals surface area contributed by atoms with Gasteiger partial charge in [-0.05, 0) is 37.0 Å². The minimum atomic E-state index is -3.68. The van der Waals surface area contributed by atoms with Crippen molar-refractivity contribution in [2.45, 2.75) is 30.6 Å².